The maximum absolute atomic E-state index is 12.9. The van der Waals surface area contributed by atoms with Crippen molar-refractivity contribution < 1.29 is 22.6 Å². The highest BCUT2D eigenvalue weighted by Crippen LogP contribution is 2.39. The molecule has 0 atom stereocenters. The summed E-state index contributed by atoms with van der Waals surface area (Å²) in [6.07, 6.45) is -3.15. The van der Waals surface area contributed by atoms with Crippen LogP contribution in [0.15, 0.2) is 30.6 Å². The van der Waals surface area contributed by atoms with Crippen molar-refractivity contribution in [2.45, 2.75) is 12.7 Å². The van der Waals surface area contributed by atoms with Gasteiger partial charge in [0.25, 0.3) is 0 Å². The van der Waals surface area contributed by atoms with Gasteiger partial charge in [-0.25, -0.2) is 9.97 Å². The first-order valence-corrected chi connectivity index (χ1v) is 8.00. The molecule has 0 saturated heterocycles. The zero-order chi connectivity index (χ0) is 18.0. The number of fused-ring (bicyclic) bond motifs is 1. The van der Waals surface area contributed by atoms with Crippen LogP contribution >= 0.6 is 11.3 Å². The number of alkyl halides is 3. The van der Waals surface area contributed by atoms with E-state index < -0.39 is 11.1 Å². The summed E-state index contributed by atoms with van der Waals surface area (Å²) in [5.74, 6) is 1.53. The van der Waals surface area contributed by atoms with Gasteiger partial charge in [-0.2, -0.15) is 13.2 Å². The van der Waals surface area contributed by atoms with Crippen LogP contribution in [0.4, 0.5) is 19.0 Å². The van der Waals surface area contributed by atoms with E-state index in [1.807, 2.05) is 6.07 Å². The van der Waals surface area contributed by atoms with Crippen LogP contribution in [0.5, 0.6) is 11.5 Å². The van der Waals surface area contributed by atoms with Gasteiger partial charge < -0.3 is 14.8 Å². The Morgan fingerprint density at radius 2 is 1.84 bits per heavy atom. The number of nitrogens with zero attached hydrogens (tertiary/aromatic N) is 2. The minimum Gasteiger partial charge on any atom is -0.493 e. The maximum Gasteiger partial charge on any atom is 0.425 e. The molecule has 0 fully saturated rings. The fourth-order valence-electron chi connectivity index (χ4n) is 2.31. The molecule has 132 valence electrons. The molecule has 0 bridgehead atoms. The molecular formula is C16H14F3N3O2S. The molecule has 9 heteroatoms. The predicted molar refractivity (Wildman–Crippen MR) is 89.3 cm³/mol. The summed E-state index contributed by atoms with van der Waals surface area (Å²) in [6, 6.07) is 6.45. The molecule has 1 N–H and O–H groups in total. The van der Waals surface area contributed by atoms with E-state index in [4.69, 9.17) is 9.47 Å². The highest BCUT2D eigenvalue weighted by molar-refractivity contribution is 7.18. The summed E-state index contributed by atoms with van der Waals surface area (Å²) in [6.45, 7) is 0.365. The number of rotatable bonds is 5. The van der Waals surface area contributed by atoms with Crippen LogP contribution < -0.4 is 14.8 Å². The van der Waals surface area contributed by atoms with Gasteiger partial charge in [-0.3, -0.25) is 0 Å². The Hall–Kier alpha value is -2.55. The molecule has 0 unspecified atom stereocenters. The van der Waals surface area contributed by atoms with Gasteiger partial charge >= 0.3 is 6.18 Å². The molecule has 2 aromatic heterocycles. The van der Waals surface area contributed by atoms with Crippen LogP contribution in [0.3, 0.4) is 0 Å². The third-order valence-corrected chi connectivity index (χ3v) is 4.60. The van der Waals surface area contributed by atoms with Crippen LogP contribution in [-0.2, 0) is 12.7 Å². The summed E-state index contributed by atoms with van der Waals surface area (Å²) in [7, 11) is 3.08. The van der Waals surface area contributed by atoms with Gasteiger partial charge in [0.2, 0.25) is 0 Å². The van der Waals surface area contributed by atoms with Crippen LogP contribution in [0.2, 0.25) is 0 Å². The lowest BCUT2D eigenvalue weighted by molar-refractivity contribution is -0.134. The van der Waals surface area contributed by atoms with Crippen molar-refractivity contribution in [2.24, 2.45) is 0 Å². The van der Waals surface area contributed by atoms with Crippen molar-refractivity contribution in [1.29, 1.82) is 0 Å². The normalized spacial score (nSPS) is 11.6. The summed E-state index contributed by atoms with van der Waals surface area (Å²) in [4.78, 5) is 7.56. The SMILES string of the molecule is COc1ccc(CNc2ncnc3sc(C(F)(F)F)cc23)cc1OC. The number of anilines is 1. The fourth-order valence-corrected chi connectivity index (χ4v) is 3.18. The monoisotopic (exact) mass is 369 g/mol. The van der Waals surface area contributed by atoms with Gasteiger partial charge in [-0.1, -0.05) is 6.07 Å². The molecule has 5 nitrogen and oxygen atoms in total. The fraction of sp³-hybridized carbons (Fsp3) is 0.250. The van der Waals surface area contributed by atoms with E-state index in [2.05, 4.69) is 15.3 Å². The van der Waals surface area contributed by atoms with Gasteiger partial charge in [0.1, 0.15) is 21.9 Å². The number of halogens is 3. The standard InChI is InChI=1S/C16H14F3N3O2S/c1-23-11-4-3-9(5-12(11)24-2)7-20-14-10-6-13(16(17,18)19)25-15(10)22-8-21-14/h3-6,8H,7H2,1-2H3,(H,20,21,22). The summed E-state index contributed by atoms with van der Waals surface area (Å²) in [5.41, 5.74) is 0.871. The summed E-state index contributed by atoms with van der Waals surface area (Å²) in [5, 5.41) is 3.40. The molecule has 0 aliphatic rings. The number of hydrogen-bond acceptors (Lipinski definition) is 6. The molecule has 0 aliphatic carbocycles. The van der Waals surface area contributed by atoms with Crippen LogP contribution in [-0.4, -0.2) is 24.2 Å². The lowest BCUT2D eigenvalue weighted by Crippen LogP contribution is -2.03. The Balaban J connectivity index is 1.85. The van der Waals surface area contributed by atoms with Crippen molar-refractivity contribution >= 4 is 27.4 Å². The van der Waals surface area contributed by atoms with Crippen molar-refractivity contribution in [1.82, 2.24) is 9.97 Å². The van der Waals surface area contributed by atoms with Gasteiger partial charge in [-0.05, 0) is 23.8 Å². The van der Waals surface area contributed by atoms with Gasteiger partial charge in [0.05, 0.1) is 19.6 Å². The molecule has 0 radical (unpaired) electrons. The third kappa shape index (κ3) is 3.60. The topological polar surface area (TPSA) is 56.3 Å². The molecule has 3 rings (SSSR count). The lowest BCUT2D eigenvalue weighted by Gasteiger charge is -2.11. The largest absolute Gasteiger partial charge is 0.493 e. The van der Waals surface area contributed by atoms with E-state index in [1.54, 1.807) is 19.2 Å². The first kappa shape index (κ1) is 17.3. The number of benzene rings is 1. The summed E-state index contributed by atoms with van der Waals surface area (Å²) < 4.78 is 49.1. The number of hydrogen-bond donors (Lipinski definition) is 1. The Morgan fingerprint density at radius 3 is 2.52 bits per heavy atom. The number of ether oxygens (including phenoxy) is 2. The van der Waals surface area contributed by atoms with Crippen LogP contribution in [0.25, 0.3) is 10.2 Å². The van der Waals surface area contributed by atoms with Crippen molar-refractivity contribution in [2.75, 3.05) is 19.5 Å². The van der Waals surface area contributed by atoms with E-state index in [9.17, 15) is 13.2 Å². The van der Waals surface area contributed by atoms with E-state index in [0.29, 0.717) is 40.6 Å². The van der Waals surface area contributed by atoms with E-state index in [0.717, 1.165) is 11.6 Å². The predicted octanol–water partition coefficient (Wildman–Crippen LogP) is 4.34. The van der Waals surface area contributed by atoms with Crippen molar-refractivity contribution in [3.05, 3.63) is 41.0 Å². The van der Waals surface area contributed by atoms with E-state index >= 15 is 0 Å². The van der Waals surface area contributed by atoms with Crippen molar-refractivity contribution in [3.8, 4) is 11.5 Å². The first-order valence-electron chi connectivity index (χ1n) is 7.19. The van der Waals surface area contributed by atoms with E-state index in [-0.39, 0.29) is 4.83 Å². The maximum atomic E-state index is 12.9. The number of methoxy groups -OCH3 is 2. The second-order valence-electron chi connectivity index (χ2n) is 5.09. The number of nitrogens with one attached hydrogen (secondary N) is 1. The van der Waals surface area contributed by atoms with Crippen LogP contribution in [0, 0.1) is 0 Å². The zero-order valence-corrected chi connectivity index (χ0v) is 14.2. The smallest absolute Gasteiger partial charge is 0.425 e. The summed E-state index contributed by atoms with van der Waals surface area (Å²) >= 11 is 0.598. The Morgan fingerprint density at radius 1 is 1.08 bits per heavy atom. The number of aromatic nitrogens is 2. The Labute approximate surface area is 145 Å². The molecule has 2 heterocycles. The first-order chi connectivity index (χ1) is 11.9. The second kappa shape index (κ2) is 6.75. The van der Waals surface area contributed by atoms with Crippen molar-refractivity contribution in [3.63, 3.8) is 0 Å². The average Bonchev–Trinajstić information content (AvgIpc) is 3.04. The minimum absolute atomic E-state index is 0.289. The van der Waals surface area contributed by atoms with E-state index in [1.165, 1.54) is 13.4 Å². The minimum atomic E-state index is -4.40. The van der Waals surface area contributed by atoms with Crippen LogP contribution in [0.1, 0.15) is 10.4 Å². The van der Waals surface area contributed by atoms with Gasteiger partial charge in [-0.15, -0.1) is 11.3 Å². The molecule has 25 heavy (non-hydrogen) atoms. The zero-order valence-electron chi connectivity index (χ0n) is 13.3. The molecule has 0 aliphatic heterocycles. The molecule has 0 saturated carbocycles. The molecule has 0 spiro atoms. The molecule has 0 amide bonds. The quantitative estimate of drug-likeness (QED) is 0.725. The Bertz CT molecular complexity index is 896. The van der Waals surface area contributed by atoms with Gasteiger partial charge in [0.15, 0.2) is 11.5 Å². The third-order valence-electron chi connectivity index (χ3n) is 3.52. The molecular weight excluding hydrogens is 355 g/mol. The average molecular weight is 369 g/mol. The molecule has 1 aromatic carbocycles. The molecule has 3 aromatic rings. The lowest BCUT2D eigenvalue weighted by atomic mass is 10.2. The Kier molecular flexibility index (Phi) is 4.67. The number of thiophene rings is 1. The second-order valence-corrected chi connectivity index (χ2v) is 6.12. The highest BCUT2D eigenvalue weighted by atomic mass is 32.1. The highest BCUT2D eigenvalue weighted by Gasteiger charge is 2.33. The van der Waals surface area contributed by atoms with Gasteiger partial charge in [0, 0.05) is 6.54 Å².